The lowest BCUT2D eigenvalue weighted by atomic mass is 10.1. The van der Waals surface area contributed by atoms with Crippen LogP contribution in [-0.4, -0.2) is 23.3 Å². The van der Waals surface area contributed by atoms with Crippen molar-refractivity contribution in [3.8, 4) is 0 Å². The van der Waals surface area contributed by atoms with Gasteiger partial charge in [-0.3, -0.25) is 14.5 Å². The molecule has 0 unspecified atom stereocenters. The van der Waals surface area contributed by atoms with Gasteiger partial charge in [-0.15, -0.1) is 0 Å². The lowest BCUT2D eigenvalue weighted by Gasteiger charge is -2.13. The van der Waals surface area contributed by atoms with E-state index in [0.29, 0.717) is 29.8 Å². The number of fused-ring (bicyclic) bond motifs is 1. The molecule has 0 aliphatic carbocycles. The zero-order valence-corrected chi connectivity index (χ0v) is 11.8. The van der Waals surface area contributed by atoms with Gasteiger partial charge in [-0.05, 0) is 43.2 Å². The molecule has 4 heteroatoms. The van der Waals surface area contributed by atoms with Crippen molar-refractivity contribution in [1.82, 2.24) is 4.90 Å². The zero-order chi connectivity index (χ0) is 15.0. The molecule has 0 saturated carbocycles. The second-order valence-corrected chi connectivity index (χ2v) is 5.30. The molecule has 2 amide bonds. The van der Waals surface area contributed by atoms with Gasteiger partial charge in [0.1, 0.15) is 0 Å². The van der Waals surface area contributed by atoms with E-state index in [1.54, 1.807) is 12.1 Å². The van der Waals surface area contributed by atoms with E-state index in [1.807, 2.05) is 37.3 Å². The van der Waals surface area contributed by atoms with Crippen LogP contribution < -0.4 is 5.73 Å². The van der Waals surface area contributed by atoms with E-state index >= 15 is 0 Å². The minimum absolute atomic E-state index is 0.200. The van der Waals surface area contributed by atoms with Crippen molar-refractivity contribution in [1.29, 1.82) is 0 Å². The Balaban J connectivity index is 1.77. The Hall–Kier alpha value is -2.62. The van der Waals surface area contributed by atoms with Crippen molar-refractivity contribution in [2.24, 2.45) is 0 Å². The molecule has 4 nitrogen and oxygen atoms in total. The Morgan fingerprint density at radius 2 is 1.62 bits per heavy atom. The van der Waals surface area contributed by atoms with Crippen molar-refractivity contribution in [3.05, 3.63) is 64.7 Å². The summed E-state index contributed by atoms with van der Waals surface area (Å²) in [5.41, 5.74) is 9.39. The highest BCUT2D eigenvalue weighted by atomic mass is 16.2. The normalized spacial score (nSPS) is 13.7. The van der Waals surface area contributed by atoms with Gasteiger partial charge < -0.3 is 5.73 Å². The molecule has 0 aromatic heterocycles. The third kappa shape index (κ3) is 2.40. The van der Waals surface area contributed by atoms with Gasteiger partial charge in [0.05, 0.1) is 11.1 Å². The Kier molecular flexibility index (Phi) is 3.22. The molecule has 2 aromatic carbocycles. The van der Waals surface area contributed by atoms with Crippen molar-refractivity contribution >= 4 is 17.5 Å². The van der Waals surface area contributed by atoms with Crippen LogP contribution in [0.25, 0.3) is 0 Å². The van der Waals surface area contributed by atoms with Gasteiger partial charge in [-0.1, -0.05) is 23.8 Å². The second kappa shape index (κ2) is 5.05. The number of nitrogens with two attached hydrogens (primary N) is 1. The molecule has 21 heavy (non-hydrogen) atoms. The topological polar surface area (TPSA) is 63.4 Å². The fourth-order valence-electron chi connectivity index (χ4n) is 2.53. The van der Waals surface area contributed by atoms with E-state index in [0.717, 1.165) is 11.1 Å². The van der Waals surface area contributed by atoms with Crippen molar-refractivity contribution in [2.45, 2.75) is 13.3 Å². The lowest BCUT2D eigenvalue weighted by molar-refractivity contribution is 0.0656. The first-order valence-corrected chi connectivity index (χ1v) is 6.87. The highest BCUT2D eigenvalue weighted by Crippen LogP contribution is 2.24. The molecule has 2 aromatic rings. The SMILES string of the molecule is Cc1ccc2c(c1)C(=O)N(CCc1ccc(N)cc1)C2=O. The van der Waals surface area contributed by atoms with Crippen LogP contribution in [0.2, 0.25) is 0 Å². The molecule has 0 fully saturated rings. The Labute approximate surface area is 123 Å². The van der Waals surface area contributed by atoms with Crippen LogP contribution in [0.4, 0.5) is 5.69 Å². The number of rotatable bonds is 3. The largest absolute Gasteiger partial charge is 0.399 e. The number of anilines is 1. The Morgan fingerprint density at radius 1 is 0.952 bits per heavy atom. The Bertz CT molecular complexity index is 720. The van der Waals surface area contributed by atoms with Crippen LogP contribution in [0.3, 0.4) is 0 Å². The van der Waals surface area contributed by atoms with Crippen molar-refractivity contribution in [2.75, 3.05) is 12.3 Å². The van der Waals surface area contributed by atoms with E-state index in [2.05, 4.69) is 0 Å². The number of carbonyl (C=O) groups excluding carboxylic acids is 2. The standard InChI is InChI=1S/C17H16N2O2/c1-11-2-7-14-15(10-11)17(21)19(16(14)20)9-8-12-3-5-13(18)6-4-12/h2-7,10H,8-9,18H2,1H3. The highest BCUT2D eigenvalue weighted by molar-refractivity contribution is 6.21. The van der Waals surface area contributed by atoms with E-state index in [4.69, 9.17) is 5.73 Å². The van der Waals surface area contributed by atoms with Crippen LogP contribution in [0, 0.1) is 6.92 Å². The maximum absolute atomic E-state index is 12.3. The fourth-order valence-corrected chi connectivity index (χ4v) is 2.53. The molecule has 1 heterocycles. The molecular weight excluding hydrogens is 264 g/mol. The summed E-state index contributed by atoms with van der Waals surface area (Å²) in [6, 6.07) is 12.8. The summed E-state index contributed by atoms with van der Waals surface area (Å²) < 4.78 is 0. The molecule has 0 bridgehead atoms. The third-order valence-corrected chi connectivity index (χ3v) is 3.73. The predicted octanol–water partition coefficient (Wildman–Crippen LogP) is 2.42. The Morgan fingerprint density at radius 3 is 2.33 bits per heavy atom. The van der Waals surface area contributed by atoms with E-state index in [9.17, 15) is 9.59 Å². The number of nitrogens with zero attached hydrogens (tertiary/aromatic N) is 1. The monoisotopic (exact) mass is 280 g/mol. The van der Waals surface area contributed by atoms with Gasteiger partial charge in [0.25, 0.3) is 11.8 Å². The van der Waals surface area contributed by atoms with Gasteiger partial charge in [-0.25, -0.2) is 0 Å². The highest BCUT2D eigenvalue weighted by Gasteiger charge is 2.34. The minimum atomic E-state index is -0.203. The minimum Gasteiger partial charge on any atom is -0.399 e. The first-order chi connectivity index (χ1) is 10.1. The smallest absolute Gasteiger partial charge is 0.261 e. The van der Waals surface area contributed by atoms with Gasteiger partial charge in [0, 0.05) is 12.2 Å². The number of hydrogen-bond donors (Lipinski definition) is 1. The van der Waals surface area contributed by atoms with E-state index in [1.165, 1.54) is 4.90 Å². The van der Waals surface area contributed by atoms with Crippen LogP contribution in [0.1, 0.15) is 31.8 Å². The van der Waals surface area contributed by atoms with Crippen LogP contribution in [-0.2, 0) is 6.42 Å². The third-order valence-electron chi connectivity index (χ3n) is 3.73. The number of aryl methyl sites for hydroxylation is 1. The van der Waals surface area contributed by atoms with E-state index < -0.39 is 0 Å². The van der Waals surface area contributed by atoms with Gasteiger partial charge in [0.2, 0.25) is 0 Å². The number of nitrogen functional groups attached to an aromatic ring is 1. The summed E-state index contributed by atoms with van der Waals surface area (Å²) in [5.74, 6) is -0.403. The van der Waals surface area contributed by atoms with Gasteiger partial charge in [-0.2, -0.15) is 0 Å². The average Bonchev–Trinajstić information content (AvgIpc) is 2.70. The number of carbonyl (C=O) groups is 2. The molecule has 0 saturated heterocycles. The summed E-state index contributed by atoms with van der Waals surface area (Å²) in [7, 11) is 0. The van der Waals surface area contributed by atoms with Crippen molar-refractivity contribution in [3.63, 3.8) is 0 Å². The fraction of sp³-hybridized carbons (Fsp3) is 0.176. The molecule has 3 rings (SSSR count). The molecule has 1 aliphatic heterocycles. The van der Waals surface area contributed by atoms with Crippen LogP contribution in [0.15, 0.2) is 42.5 Å². The quantitative estimate of drug-likeness (QED) is 0.693. The predicted molar refractivity (Wildman–Crippen MR) is 81.1 cm³/mol. The summed E-state index contributed by atoms with van der Waals surface area (Å²) >= 11 is 0. The zero-order valence-electron chi connectivity index (χ0n) is 11.8. The maximum atomic E-state index is 12.3. The van der Waals surface area contributed by atoms with Gasteiger partial charge >= 0.3 is 0 Å². The lowest BCUT2D eigenvalue weighted by Crippen LogP contribution is -2.31. The second-order valence-electron chi connectivity index (χ2n) is 5.30. The maximum Gasteiger partial charge on any atom is 0.261 e. The van der Waals surface area contributed by atoms with E-state index in [-0.39, 0.29) is 11.8 Å². The number of imide groups is 1. The van der Waals surface area contributed by atoms with Crippen LogP contribution in [0.5, 0.6) is 0 Å². The number of benzene rings is 2. The molecule has 0 radical (unpaired) electrons. The first-order valence-electron chi connectivity index (χ1n) is 6.87. The summed E-state index contributed by atoms with van der Waals surface area (Å²) in [4.78, 5) is 25.9. The van der Waals surface area contributed by atoms with Crippen LogP contribution >= 0.6 is 0 Å². The number of hydrogen-bond acceptors (Lipinski definition) is 3. The molecule has 106 valence electrons. The first kappa shape index (κ1) is 13.4. The number of amides is 2. The average molecular weight is 280 g/mol. The summed E-state index contributed by atoms with van der Waals surface area (Å²) in [5, 5.41) is 0. The molecular formula is C17H16N2O2. The molecule has 0 atom stereocenters. The molecule has 2 N–H and O–H groups in total. The molecule has 0 spiro atoms. The summed E-state index contributed by atoms with van der Waals surface area (Å²) in [6.45, 7) is 2.30. The van der Waals surface area contributed by atoms with Crippen molar-refractivity contribution < 1.29 is 9.59 Å². The molecule has 1 aliphatic rings. The summed E-state index contributed by atoms with van der Waals surface area (Å²) in [6.07, 6.45) is 0.630. The van der Waals surface area contributed by atoms with Gasteiger partial charge in [0.15, 0.2) is 0 Å².